The minimum Gasteiger partial charge on any atom is -0.356 e. The molecule has 0 aromatic carbocycles. The zero-order valence-electron chi connectivity index (χ0n) is 48.4. The average Bonchev–Trinajstić information content (AvgIpc) is 3.37. The molecule has 0 rings (SSSR count). The molecule has 2 unspecified atom stereocenters. The molecule has 0 aliphatic heterocycles. The van der Waals surface area contributed by atoms with Gasteiger partial charge in [-0.3, -0.25) is 19.2 Å². The van der Waals surface area contributed by atoms with E-state index < -0.39 is 0 Å². The molecule has 6 nitrogen and oxygen atoms in total. The maximum atomic E-state index is 14.4. The van der Waals surface area contributed by atoms with Crippen LogP contribution < -0.4 is 10.6 Å². The van der Waals surface area contributed by atoms with Gasteiger partial charge in [0.05, 0.1) is 6.42 Å². The van der Waals surface area contributed by atoms with Crippen LogP contribution in [0.15, 0.2) is 35.5 Å². The van der Waals surface area contributed by atoms with Gasteiger partial charge in [0.25, 0.3) is 5.91 Å². The minimum absolute atomic E-state index is 0.0977. The van der Waals surface area contributed by atoms with Crippen molar-refractivity contribution in [3.8, 4) is 0 Å². The second-order valence-electron chi connectivity index (χ2n) is 21.8. The van der Waals surface area contributed by atoms with Crippen LogP contribution in [0.4, 0.5) is 0 Å². The zero-order chi connectivity index (χ0) is 52.3. The van der Waals surface area contributed by atoms with Crippen molar-refractivity contribution in [2.24, 2.45) is 11.8 Å². The number of unbranched alkanes of at least 4 members (excludes halogenated alkanes) is 32. The van der Waals surface area contributed by atoms with E-state index in [-0.39, 0.29) is 40.9 Å². The predicted octanol–water partition coefficient (Wildman–Crippen LogP) is 19.7. The number of nitrogens with one attached hydrogen (secondary N) is 2. The molecule has 2 N–H and O–H groups in total. The van der Waals surface area contributed by atoms with Crippen LogP contribution in [0.1, 0.15) is 330 Å². The predicted molar refractivity (Wildman–Crippen MR) is 310 cm³/mol. The first-order chi connectivity index (χ1) is 34.7. The van der Waals surface area contributed by atoms with Gasteiger partial charge in [-0.15, -0.1) is 0 Å². The van der Waals surface area contributed by atoms with Crippen molar-refractivity contribution in [3.05, 3.63) is 35.5 Å². The fourth-order valence-electron chi connectivity index (χ4n) is 10.2. The summed E-state index contributed by atoms with van der Waals surface area (Å²) in [5.41, 5.74) is 0.759. The highest BCUT2D eigenvalue weighted by molar-refractivity contribution is 6.11. The molecule has 0 heterocycles. The Morgan fingerprint density at radius 3 is 1.04 bits per heavy atom. The van der Waals surface area contributed by atoms with Gasteiger partial charge < -0.3 is 10.6 Å². The second kappa shape index (κ2) is 52.4. The van der Waals surface area contributed by atoms with Gasteiger partial charge in [0, 0.05) is 42.7 Å². The van der Waals surface area contributed by atoms with Gasteiger partial charge in [0.15, 0.2) is 11.6 Å². The number of rotatable bonds is 55. The number of Topliss-reactive ketones (excluding diaryl/α,β-unsaturated/α-hetero) is 2. The van der Waals surface area contributed by atoms with E-state index in [0.717, 1.165) is 96.3 Å². The van der Waals surface area contributed by atoms with Gasteiger partial charge in [-0.1, -0.05) is 298 Å². The quantitative estimate of drug-likeness (QED) is 0.0361. The molecule has 71 heavy (non-hydrogen) atoms. The molecule has 0 saturated heterocycles. The highest BCUT2D eigenvalue weighted by Gasteiger charge is 2.23. The topological polar surface area (TPSA) is 92.3 Å². The lowest BCUT2D eigenvalue weighted by Gasteiger charge is -2.17. The highest BCUT2D eigenvalue weighted by atomic mass is 16.2. The van der Waals surface area contributed by atoms with Gasteiger partial charge in [-0.05, 0) is 43.6 Å². The summed E-state index contributed by atoms with van der Waals surface area (Å²) in [7, 11) is 0. The van der Waals surface area contributed by atoms with Gasteiger partial charge in [0.2, 0.25) is 5.91 Å². The van der Waals surface area contributed by atoms with E-state index in [9.17, 15) is 19.2 Å². The summed E-state index contributed by atoms with van der Waals surface area (Å²) in [6.45, 7) is 18.4. The van der Waals surface area contributed by atoms with E-state index in [4.69, 9.17) is 0 Å². The summed E-state index contributed by atoms with van der Waals surface area (Å²) in [6, 6.07) is 0. The molecule has 0 spiro atoms. The Kier molecular flexibility index (Phi) is 50.5. The number of allylic oxidation sites excluding steroid dienone is 2. The Hall–Kier alpha value is -2.50. The third-order valence-electron chi connectivity index (χ3n) is 15.4. The van der Waals surface area contributed by atoms with Gasteiger partial charge in [-0.2, -0.15) is 0 Å². The number of carbonyl (C=O) groups is 4. The molecule has 6 heteroatoms. The number of hydrogen-bond acceptors (Lipinski definition) is 4. The Balaban J connectivity index is 5.62. The monoisotopic (exact) mass is 993 g/mol. The number of carbonyl (C=O) groups excluding carboxylic acids is 4. The maximum Gasteiger partial charge on any atom is 0.251 e. The minimum atomic E-state index is -0.330. The van der Waals surface area contributed by atoms with Crippen LogP contribution in [0.2, 0.25) is 0 Å². The summed E-state index contributed by atoms with van der Waals surface area (Å²) >= 11 is 0. The SMILES string of the molecule is C=C/C(C(=O)NCCCCCCCCCCCCCCCCCC)=C(\C=C(/CC(=O)NCCCCCCCCCCCCCCCCCC)C(=O)CCC(CC)CCCC)C(=O)CCC(CC)CCCC. The summed E-state index contributed by atoms with van der Waals surface area (Å²) in [5, 5.41) is 6.19. The summed E-state index contributed by atoms with van der Waals surface area (Å²) in [4.78, 5) is 56.1. The largest absolute Gasteiger partial charge is 0.356 e. The molecule has 414 valence electrons. The van der Waals surface area contributed by atoms with Crippen molar-refractivity contribution >= 4 is 23.4 Å². The molecule has 0 aromatic rings. The molecule has 0 aromatic heterocycles. The van der Waals surface area contributed by atoms with E-state index in [1.165, 1.54) is 179 Å². The smallest absolute Gasteiger partial charge is 0.251 e. The van der Waals surface area contributed by atoms with Crippen molar-refractivity contribution in [2.75, 3.05) is 13.1 Å². The van der Waals surface area contributed by atoms with Gasteiger partial charge in [-0.25, -0.2) is 0 Å². The van der Waals surface area contributed by atoms with Crippen LogP contribution in [0.25, 0.3) is 0 Å². The fourth-order valence-corrected chi connectivity index (χ4v) is 10.2. The van der Waals surface area contributed by atoms with Crippen molar-refractivity contribution in [1.29, 1.82) is 0 Å². The Labute approximate surface area is 442 Å². The third kappa shape index (κ3) is 41.5. The van der Waals surface area contributed by atoms with E-state index in [1.807, 2.05) is 0 Å². The molecule has 0 saturated carbocycles. The molecular formula is C65H120N2O4. The van der Waals surface area contributed by atoms with Crippen molar-refractivity contribution in [2.45, 2.75) is 330 Å². The van der Waals surface area contributed by atoms with Crippen LogP contribution in [-0.4, -0.2) is 36.5 Å². The first kappa shape index (κ1) is 68.5. The van der Waals surface area contributed by atoms with Crippen LogP contribution in [0.5, 0.6) is 0 Å². The van der Waals surface area contributed by atoms with Crippen LogP contribution >= 0.6 is 0 Å². The summed E-state index contributed by atoms with van der Waals surface area (Å²) in [6.07, 6.45) is 55.2. The number of hydrogen-bond donors (Lipinski definition) is 2. The molecule has 0 aliphatic rings. The second-order valence-corrected chi connectivity index (χ2v) is 21.8. The number of amides is 2. The molecule has 0 bridgehead atoms. The van der Waals surface area contributed by atoms with Gasteiger partial charge in [0.1, 0.15) is 0 Å². The third-order valence-corrected chi connectivity index (χ3v) is 15.4. The van der Waals surface area contributed by atoms with Crippen LogP contribution in [-0.2, 0) is 19.2 Å². The lowest BCUT2D eigenvalue weighted by atomic mass is 9.88. The van der Waals surface area contributed by atoms with Crippen molar-refractivity contribution < 1.29 is 19.2 Å². The molecular weight excluding hydrogens is 873 g/mol. The lowest BCUT2D eigenvalue weighted by molar-refractivity contribution is -0.122. The first-order valence-corrected chi connectivity index (χ1v) is 31.4. The molecule has 0 fully saturated rings. The first-order valence-electron chi connectivity index (χ1n) is 31.4. The van der Waals surface area contributed by atoms with Crippen molar-refractivity contribution in [1.82, 2.24) is 10.6 Å². The van der Waals surface area contributed by atoms with E-state index in [0.29, 0.717) is 43.3 Å². The van der Waals surface area contributed by atoms with Crippen LogP contribution in [0, 0.1) is 11.8 Å². The zero-order valence-corrected chi connectivity index (χ0v) is 48.4. The average molecular weight is 994 g/mol. The Bertz CT molecular complexity index is 1350. The molecule has 2 amide bonds. The summed E-state index contributed by atoms with van der Waals surface area (Å²) < 4.78 is 0. The van der Waals surface area contributed by atoms with E-state index >= 15 is 0 Å². The molecule has 2 atom stereocenters. The summed E-state index contributed by atoms with van der Waals surface area (Å²) in [5.74, 6) is 0.0760. The standard InChI is InChI=1S/C65H120N2O4/c1-8-15-19-21-23-25-27-29-31-33-35-37-39-41-43-45-53-66-64(70)56-59(62(68)51-49-57(12-5)47-17-10-3)55-61(63(69)52-50-58(13-6)48-18-11-4)60(14-7)65(71)67-54-46-44-42-40-38-36-34-32-30-28-26-24-22-20-16-9-2/h14,55,57-58H,7-13,15-54,56H2,1-6H3,(H,66,70)(H,67,71)/b59-55+,61-60-. The Morgan fingerprint density at radius 1 is 0.380 bits per heavy atom. The normalized spacial score (nSPS) is 13.0. The Morgan fingerprint density at radius 2 is 0.704 bits per heavy atom. The highest BCUT2D eigenvalue weighted by Crippen LogP contribution is 2.25. The molecule has 0 aliphatic carbocycles. The lowest BCUT2D eigenvalue weighted by Crippen LogP contribution is -2.28. The van der Waals surface area contributed by atoms with Gasteiger partial charge >= 0.3 is 0 Å². The van der Waals surface area contributed by atoms with Crippen molar-refractivity contribution in [3.63, 3.8) is 0 Å². The fraction of sp³-hybridized carbons (Fsp3) is 0.846. The van der Waals surface area contributed by atoms with E-state index in [1.54, 1.807) is 6.08 Å². The number of ketones is 2. The maximum absolute atomic E-state index is 14.4. The van der Waals surface area contributed by atoms with E-state index in [2.05, 4.69) is 58.8 Å². The molecule has 0 radical (unpaired) electrons. The van der Waals surface area contributed by atoms with Crippen LogP contribution in [0.3, 0.4) is 0 Å².